The fraction of sp³-hybridized carbons (Fsp3) is 1.00. The highest BCUT2D eigenvalue weighted by Gasteiger charge is 2.26. The summed E-state index contributed by atoms with van der Waals surface area (Å²) in [4.78, 5) is 0. The minimum absolute atomic E-state index is 0. The Balaban J connectivity index is -0.000000520. The van der Waals surface area contributed by atoms with Gasteiger partial charge in [-0.3, -0.25) is 14.0 Å². The van der Waals surface area contributed by atoms with Crippen LogP contribution in [-0.4, -0.2) is 59.8 Å². The zero-order chi connectivity index (χ0) is 16.7. The highest BCUT2D eigenvalue weighted by atomic mass is 127. The van der Waals surface area contributed by atoms with Crippen LogP contribution < -0.4 is 5.73 Å². The van der Waals surface area contributed by atoms with Crippen LogP contribution in [0.25, 0.3) is 0 Å². The fourth-order valence-electron chi connectivity index (χ4n) is 2.17. The van der Waals surface area contributed by atoms with Crippen LogP contribution in [0.2, 0.25) is 0 Å². The molecule has 0 fully saturated rings. The van der Waals surface area contributed by atoms with Crippen molar-refractivity contribution in [3.05, 3.63) is 0 Å². The zero-order valence-electron chi connectivity index (χ0n) is 16.1. The van der Waals surface area contributed by atoms with Crippen LogP contribution in [-0.2, 0) is 0 Å². The molecule has 0 radical (unpaired) electrons. The summed E-state index contributed by atoms with van der Waals surface area (Å²) in [6.45, 7) is 23.5. The second-order valence-corrected chi connectivity index (χ2v) is 7.06. The standard InChI is InChI=1S/C12H30N3P.C4H11N.HI/c1-7-13(8-2)16(14(9-3)10-4)15(11-5)12-6;1-2-3-4-5;/h7-12H2,1-6H3;2-5H2,1H3;1H. The normalized spacial score (nSPS) is 10.9. The van der Waals surface area contributed by atoms with E-state index >= 15 is 0 Å². The van der Waals surface area contributed by atoms with E-state index in [0.29, 0.717) is 0 Å². The van der Waals surface area contributed by atoms with Crippen LogP contribution in [0, 0.1) is 0 Å². The maximum Gasteiger partial charge on any atom is 0.120 e. The van der Waals surface area contributed by atoms with Gasteiger partial charge in [-0.1, -0.05) is 54.9 Å². The lowest BCUT2D eigenvalue weighted by Crippen LogP contribution is -2.37. The topological polar surface area (TPSA) is 35.7 Å². The molecule has 0 aromatic rings. The Labute approximate surface area is 159 Å². The van der Waals surface area contributed by atoms with Crippen LogP contribution in [0.4, 0.5) is 0 Å². The van der Waals surface area contributed by atoms with Gasteiger partial charge in [-0.25, -0.2) is 0 Å². The number of nitrogens with two attached hydrogens (primary N) is 1. The molecular weight excluding hydrogens is 406 g/mol. The molecule has 0 unspecified atom stereocenters. The molecule has 4 nitrogen and oxygen atoms in total. The minimum Gasteiger partial charge on any atom is -0.330 e. The van der Waals surface area contributed by atoms with Crippen molar-refractivity contribution in [2.45, 2.75) is 61.3 Å². The molecule has 0 spiro atoms. The van der Waals surface area contributed by atoms with Crippen molar-refractivity contribution in [3.63, 3.8) is 0 Å². The zero-order valence-corrected chi connectivity index (χ0v) is 19.4. The summed E-state index contributed by atoms with van der Waals surface area (Å²) in [6.07, 6.45) is 2.39. The van der Waals surface area contributed by atoms with Crippen LogP contribution in [0.5, 0.6) is 0 Å². The molecule has 0 amide bonds. The molecule has 0 heterocycles. The van der Waals surface area contributed by atoms with Crippen molar-refractivity contribution < 1.29 is 0 Å². The van der Waals surface area contributed by atoms with Gasteiger partial charge in [0.05, 0.1) is 0 Å². The van der Waals surface area contributed by atoms with E-state index < -0.39 is 0 Å². The van der Waals surface area contributed by atoms with E-state index in [4.69, 9.17) is 5.73 Å². The van der Waals surface area contributed by atoms with E-state index in [1.807, 2.05) is 0 Å². The van der Waals surface area contributed by atoms with Gasteiger partial charge < -0.3 is 5.73 Å². The van der Waals surface area contributed by atoms with E-state index in [-0.39, 0.29) is 32.4 Å². The first-order valence-electron chi connectivity index (χ1n) is 8.86. The van der Waals surface area contributed by atoms with Crippen LogP contribution in [0.15, 0.2) is 0 Å². The summed E-state index contributed by atoms with van der Waals surface area (Å²) in [6, 6.07) is 0. The minimum atomic E-state index is -0.252. The van der Waals surface area contributed by atoms with Gasteiger partial charge in [0.1, 0.15) is 8.37 Å². The number of unbranched alkanes of at least 4 members (excludes halogenated alkanes) is 1. The number of rotatable bonds is 11. The third kappa shape index (κ3) is 11.5. The quantitative estimate of drug-likeness (QED) is 0.370. The van der Waals surface area contributed by atoms with Gasteiger partial charge in [-0.15, -0.1) is 24.0 Å². The van der Waals surface area contributed by atoms with E-state index in [1.54, 1.807) is 0 Å². The van der Waals surface area contributed by atoms with Crippen molar-refractivity contribution in [2.24, 2.45) is 5.73 Å². The van der Waals surface area contributed by atoms with Crippen molar-refractivity contribution in [1.82, 2.24) is 14.0 Å². The molecule has 0 saturated heterocycles. The largest absolute Gasteiger partial charge is 0.330 e. The number of hydrogen-bond acceptors (Lipinski definition) is 4. The molecule has 2 N–H and O–H groups in total. The average Bonchev–Trinajstić information content (AvgIpc) is 2.51. The summed E-state index contributed by atoms with van der Waals surface area (Å²) in [7, 11) is -0.252. The smallest absolute Gasteiger partial charge is 0.120 e. The molecular formula is C16H42IN4P. The second-order valence-electron chi connectivity index (χ2n) is 4.83. The van der Waals surface area contributed by atoms with Gasteiger partial charge in [0.25, 0.3) is 0 Å². The van der Waals surface area contributed by atoms with E-state index in [2.05, 4.69) is 62.5 Å². The Kier molecular flexibility index (Phi) is 25.4. The molecule has 0 aliphatic rings. The summed E-state index contributed by atoms with van der Waals surface area (Å²) < 4.78 is 7.82. The number of nitrogens with zero attached hydrogens (tertiary/aromatic N) is 3. The second kappa shape index (κ2) is 20.0. The lowest BCUT2D eigenvalue weighted by atomic mass is 10.3. The summed E-state index contributed by atoms with van der Waals surface area (Å²) in [5, 5.41) is 0. The summed E-state index contributed by atoms with van der Waals surface area (Å²) in [5.74, 6) is 0. The van der Waals surface area contributed by atoms with Gasteiger partial charge in [0.15, 0.2) is 0 Å². The van der Waals surface area contributed by atoms with E-state index in [0.717, 1.165) is 45.8 Å². The molecule has 0 aromatic carbocycles. The molecule has 138 valence electrons. The van der Waals surface area contributed by atoms with Crippen molar-refractivity contribution >= 4 is 32.4 Å². The Hall–Kier alpha value is 1.00. The van der Waals surface area contributed by atoms with Crippen LogP contribution in [0.3, 0.4) is 0 Å². The molecule has 0 atom stereocenters. The first-order chi connectivity index (χ1) is 10.1. The summed E-state index contributed by atoms with van der Waals surface area (Å²) >= 11 is 0. The predicted octanol–water partition coefficient (Wildman–Crippen LogP) is 4.60. The summed E-state index contributed by atoms with van der Waals surface area (Å²) in [5.41, 5.74) is 5.14. The molecule has 0 saturated carbocycles. The highest BCUT2D eigenvalue weighted by Crippen LogP contribution is 2.46. The van der Waals surface area contributed by atoms with E-state index in [9.17, 15) is 0 Å². The molecule has 0 rings (SSSR count). The lowest BCUT2D eigenvalue weighted by molar-refractivity contribution is 0.352. The third-order valence-corrected chi connectivity index (χ3v) is 6.72. The molecule has 0 aromatic heterocycles. The molecule has 0 bridgehead atoms. The maximum atomic E-state index is 5.14. The monoisotopic (exact) mass is 448 g/mol. The van der Waals surface area contributed by atoms with Crippen molar-refractivity contribution in [3.8, 4) is 0 Å². The fourth-order valence-corrected chi connectivity index (χ4v) is 4.76. The van der Waals surface area contributed by atoms with Gasteiger partial charge >= 0.3 is 0 Å². The van der Waals surface area contributed by atoms with Gasteiger partial charge in [-0.2, -0.15) is 0 Å². The highest BCUT2D eigenvalue weighted by molar-refractivity contribution is 14.0. The van der Waals surface area contributed by atoms with E-state index in [1.165, 1.54) is 12.8 Å². The van der Waals surface area contributed by atoms with Crippen LogP contribution >= 0.6 is 32.4 Å². The maximum absolute atomic E-state index is 5.14. The average molecular weight is 448 g/mol. The van der Waals surface area contributed by atoms with Crippen molar-refractivity contribution in [2.75, 3.05) is 45.8 Å². The molecule has 0 aliphatic heterocycles. The van der Waals surface area contributed by atoms with Crippen molar-refractivity contribution in [1.29, 1.82) is 0 Å². The van der Waals surface area contributed by atoms with Crippen LogP contribution in [0.1, 0.15) is 61.3 Å². The lowest BCUT2D eigenvalue weighted by Gasteiger charge is -2.43. The SMILES string of the molecule is CCCCN.CCN(CC)P(N(CC)CC)N(CC)CC.I. The molecule has 0 aliphatic carbocycles. The Morgan fingerprint density at radius 1 is 0.636 bits per heavy atom. The number of halogens is 1. The molecule has 22 heavy (non-hydrogen) atoms. The van der Waals surface area contributed by atoms with Gasteiger partial charge in [0.2, 0.25) is 0 Å². The third-order valence-electron chi connectivity index (χ3n) is 3.51. The first-order valence-corrected chi connectivity index (χ1v) is 10.1. The Bertz CT molecular complexity index is 168. The first kappa shape index (κ1) is 27.8. The molecule has 6 heteroatoms. The van der Waals surface area contributed by atoms with Gasteiger partial charge in [0, 0.05) is 39.3 Å². The number of hydrogen-bond donors (Lipinski definition) is 1. The Morgan fingerprint density at radius 3 is 1.00 bits per heavy atom. The Morgan fingerprint density at radius 2 is 0.909 bits per heavy atom. The predicted molar refractivity (Wildman–Crippen MR) is 115 cm³/mol. The van der Waals surface area contributed by atoms with Gasteiger partial charge in [-0.05, 0) is 13.0 Å².